The van der Waals surface area contributed by atoms with E-state index in [0.717, 1.165) is 38.8 Å². The van der Waals surface area contributed by atoms with E-state index in [2.05, 4.69) is 72.9 Å². The Morgan fingerprint density at radius 3 is 2.83 bits per heavy atom. The predicted molar refractivity (Wildman–Crippen MR) is 125 cm³/mol. The Morgan fingerprint density at radius 1 is 1.03 bits per heavy atom. The van der Waals surface area contributed by atoms with Crippen molar-refractivity contribution in [2.75, 3.05) is 13.2 Å². The van der Waals surface area contributed by atoms with Gasteiger partial charge in [0.05, 0.1) is 12.7 Å². The molecule has 0 saturated carbocycles. The van der Waals surface area contributed by atoms with Crippen LogP contribution in [-0.4, -0.2) is 18.7 Å². The molecule has 2 aromatic rings. The van der Waals surface area contributed by atoms with Crippen molar-refractivity contribution in [1.29, 1.82) is 0 Å². The minimum Gasteiger partial charge on any atom is -0.369 e. The molecule has 156 valence electrons. The van der Waals surface area contributed by atoms with Gasteiger partial charge in [-0.15, -0.1) is 0 Å². The van der Waals surface area contributed by atoms with E-state index in [1.807, 2.05) is 0 Å². The van der Waals surface area contributed by atoms with E-state index in [0.29, 0.717) is 0 Å². The summed E-state index contributed by atoms with van der Waals surface area (Å²) in [6, 6.07) is 15.7. The van der Waals surface area contributed by atoms with Crippen molar-refractivity contribution in [3.05, 3.63) is 81.9 Å². The fourth-order valence-corrected chi connectivity index (χ4v) is 5.32. The Bertz CT molecular complexity index is 964. The van der Waals surface area contributed by atoms with Crippen molar-refractivity contribution in [2.45, 2.75) is 63.5 Å². The molecular weight excluding hydrogens is 366 g/mol. The number of aryl methyl sites for hydroxylation is 1. The molecule has 1 saturated heterocycles. The number of hydrogen-bond donors (Lipinski definition) is 1. The monoisotopic (exact) mass is 399 g/mol. The molecule has 1 heterocycles. The van der Waals surface area contributed by atoms with Gasteiger partial charge < -0.3 is 10.1 Å². The molecular formula is C28H33NO. The Kier molecular flexibility index (Phi) is 5.62. The van der Waals surface area contributed by atoms with Crippen LogP contribution in [0.4, 0.5) is 0 Å². The Morgan fingerprint density at radius 2 is 1.97 bits per heavy atom. The van der Waals surface area contributed by atoms with Gasteiger partial charge in [-0.1, -0.05) is 68.0 Å². The zero-order chi connectivity index (χ0) is 20.4. The molecule has 1 aliphatic heterocycles. The second-order valence-corrected chi connectivity index (χ2v) is 9.22. The lowest BCUT2D eigenvalue weighted by atomic mass is 9.78. The zero-order valence-corrected chi connectivity index (χ0v) is 18.1. The third-order valence-corrected chi connectivity index (χ3v) is 7.13. The van der Waals surface area contributed by atoms with Crippen molar-refractivity contribution in [3.63, 3.8) is 0 Å². The fourth-order valence-electron chi connectivity index (χ4n) is 5.32. The second kappa shape index (κ2) is 8.53. The smallest absolute Gasteiger partial charge is 0.0826 e. The van der Waals surface area contributed by atoms with Crippen LogP contribution in [0.1, 0.15) is 72.9 Å². The Hall–Kier alpha value is -2.16. The van der Waals surface area contributed by atoms with E-state index in [9.17, 15) is 0 Å². The van der Waals surface area contributed by atoms with Crippen LogP contribution in [0.25, 0.3) is 12.2 Å². The maximum Gasteiger partial charge on any atom is 0.0826 e. The number of rotatable bonds is 5. The number of fused-ring (bicyclic) bond motifs is 2. The molecule has 2 heteroatoms. The number of piperidine rings is 1. The van der Waals surface area contributed by atoms with Crippen LogP contribution in [0.3, 0.4) is 0 Å². The molecule has 5 rings (SSSR count). The standard InChI is InChI=1S/C28H33NO/c1-2-27(30-20-21-9-10-22-7-3-4-8-23(22)17-21)25-11-12-26-19-28(14-5-6-16-29-28)15-13-24(26)18-25/h3-4,7-8,11-13,15,17-18,27,29H,2,5-6,9-10,14,16,19-20H2,1H3. The van der Waals surface area contributed by atoms with Crippen molar-refractivity contribution < 1.29 is 4.74 Å². The highest BCUT2D eigenvalue weighted by atomic mass is 16.5. The summed E-state index contributed by atoms with van der Waals surface area (Å²) in [6.45, 7) is 4.10. The first-order chi connectivity index (χ1) is 14.7. The second-order valence-electron chi connectivity index (χ2n) is 9.22. The molecule has 0 radical (unpaired) electrons. The molecule has 2 unspecified atom stereocenters. The molecule has 0 aromatic heterocycles. The lowest BCUT2D eigenvalue weighted by Crippen LogP contribution is -2.49. The first-order valence-electron chi connectivity index (χ1n) is 11.7. The third-order valence-electron chi connectivity index (χ3n) is 7.13. The van der Waals surface area contributed by atoms with Crippen LogP contribution in [-0.2, 0) is 17.6 Å². The summed E-state index contributed by atoms with van der Waals surface area (Å²) in [5.41, 5.74) is 8.58. The summed E-state index contributed by atoms with van der Waals surface area (Å²) in [7, 11) is 0. The number of hydrogen-bond acceptors (Lipinski definition) is 2. The molecule has 1 N–H and O–H groups in total. The van der Waals surface area contributed by atoms with Crippen LogP contribution in [0.2, 0.25) is 0 Å². The number of nitrogens with one attached hydrogen (secondary N) is 1. The Labute approximate surface area is 181 Å². The maximum atomic E-state index is 6.43. The van der Waals surface area contributed by atoms with Gasteiger partial charge in [0.25, 0.3) is 0 Å². The van der Waals surface area contributed by atoms with Crippen LogP contribution >= 0.6 is 0 Å². The maximum absolute atomic E-state index is 6.43. The molecule has 0 bridgehead atoms. The van der Waals surface area contributed by atoms with E-state index in [4.69, 9.17) is 4.74 Å². The molecule has 2 atom stereocenters. The first-order valence-corrected chi connectivity index (χ1v) is 11.7. The van der Waals surface area contributed by atoms with Gasteiger partial charge in [-0.2, -0.15) is 0 Å². The van der Waals surface area contributed by atoms with Crippen molar-refractivity contribution in [2.24, 2.45) is 0 Å². The molecule has 1 fully saturated rings. The highest BCUT2D eigenvalue weighted by molar-refractivity contribution is 5.61. The molecule has 0 amide bonds. The SMILES string of the molecule is CCC(OCC1=Cc2ccccc2CC1)c1ccc2c(c1)C=CC1(CCCCN1)C2. The lowest BCUT2D eigenvalue weighted by Gasteiger charge is -2.39. The quantitative estimate of drug-likeness (QED) is 0.640. The largest absolute Gasteiger partial charge is 0.369 e. The zero-order valence-electron chi connectivity index (χ0n) is 18.1. The highest BCUT2D eigenvalue weighted by Gasteiger charge is 2.32. The van der Waals surface area contributed by atoms with Gasteiger partial charge in [-0.05, 0) is 84.5 Å². The molecule has 3 aliphatic rings. The summed E-state index contributed by atoms with van der Waals surface area (Å²) in [5.74, 6) is 0. The third kappa shape index (κ3) is 4.04. The van der Waals surface area contributed by atoms with Gasteiger partial charge in [0, 0.05) is 5.54 Å². The van der Waals surface area contributed by atoms with Gasteiger partial charge in [-0.25, -0.2) is 0 Å². The molecule has 2 aromatic carbocycles. The van der Waals surface area contributed by atoms with Gasteiger partial charge in [0.1, 0.15) is 0 Å². The van der Waals surface area contributed by atoms with Gasteiger partial charge >= 0.3 is 0 Å². The number of ether oxygens (including phenoxy) is 1. The minimum atomic E-state index is 0.158. The molecule has 2 nitrogen and oxygen atoms in total. The van der Waals surface area contributed by atoms with Crippen molar-refractivity contribution >= 4 is 12.2 Å². The summed E-state index contributed by atoms with van der Waals surface area (Å²) < 4.78 is 6.43. The summed E-state index contributed by atoms with van der Waals surface area (Å²) >= 11 is 0. The molecule has 2 aliphatic carbocycles. The van der Waals surface area contributed by atoms with E-state index < -0.39 is 0 Å². The van der Waals surface area contributed by atoms with Crippen LogP contribution in [0.5, 0.6) is 0 Å². The minimum absolute atomic E-state index is 0.158. The van der Waals surface area contributed by atoms with Crippen LogP contribution in [0, 0.1) is 0 Å². The average Bonchev–Trinajstić information content (AvgIpc) is 2.80. The van der Waals surface area contributed by atoms with Gasteiger partial charge in [0.2, 0.25) is 0 Å². The topological polar surface area (TPSA) is 21.3 Å². The molecule has 30 heavy (non-hydrogen) atoms. The van der Waals surface area contributed by atoms with Crippen LogP contribution in [0.15, 0.2) is 54.1 Å². The van der Waals surface area contributed by atoms with Gasteiger partial charge in [0.15, 0.2) is 0 Å². The number of benzene rings is 2. The van der Waals surface area contributed by atoms with E-state index >= 15 is 0 Å². The van der Waals surface area contributed by atoms with E-state index in [1.165, 1.54) is 52.7 Å². The summed E-state index contributed by atoms with van der Waals surface area (Å²) in [4.78, 5) is 0. The molecule has 1 spiro atoms. The normalized spacial score (nSPS) is 23.6. The Balaban J connectivity index is 1.28. The summed E-state index contributed by atoms with van der Waals surface area (Å²) in [5, 5.41) is 3.77. The van der Waals surface area contributed by atoms with Crippen molar-refractivity contribution in [3.8, 4) is 0 Å². The van der Waals surface area contributed by atoms with E-state index in [1.54, 1.807) is 0 Å². The lowest BCUT2D eigenvalue weighted by molar-refractivity contribution is 0.0656. The summed E-state index contributed by atoms with van der Waals surface area (Å²) in [6.07, 6.45) is 15.5. The van der Waals surface area contributed by atoms with Crippen molar-refractivity contribution in [1.82, 2.24) is 5.32 Å². The fraction of sp³-hybridized carbons (Fsp3) is 0.429. The van der Waals surface area contributed by atoms with E-state index in [-0.39, 0.29) is 11.6 Å². The predicted octanol–water partition coefficient (Wildman–Crippen LogP) is 6.27. The van der Waals surface area contributed by atoms with Crippen LogP contribution < -0.4 is 5.32 Å². The van der Waals surface area contributed by atoms with Gasteiger partial charge in [-0.3, -0.25) is 0 Å². The highest BCUT2D eigenvalue weighted by Crippen LogP contribution is 2.34. The average molecular weight is 400 g/mol. The first kappa shape index (κ1) is 19.8.